The number of hydrogen-bond acceptors (Lipinski definition) is 2. The SMILES string of the molecule is Cc1ccc(C)c(Cn2ccc(C=O)n2)c1. The van der Waals surface area contributed by atoms with Gasteiger partial charge < -0.3 is 0 Å². The summed E-state index contributed by atoms with van der Waals surface area (Å²) in [7, 11) is 0. The predicted molar refractivity (Wildman–Crippen MR) is 62.6 cm³/mol. The molecular weight excluding hydrogens is 200 g/mol. The number of aryl methyl sites for hydroxylation is 2. The summed E-state index contributed by atoms with van der Waals surface area (Å²) in [5.74, 6) is 0. The number of benzene rings is 1. The maximum atomic E-state index is 10.5. The molecule has 0 N–H and O–H groups in total. The average molecular weight is 214 g/mol. The Balaban J connectivity index is 2.26. The molecule has 0 aliphatic rings. The summed E-state index contributed by atoms with van der Waals surface area (Å²) in [5, 5.41) is 4.14. The van der Waals surface area contributed by atoms with Gasteiger partial charge in [-0.05, 0) is 31.0 Å². The van der Waals surface area contributed by atoms with E-state index in [4.69, 9.17) is 0 Å². The Bertz CT molecular complexity index is 514. The predicted octanol–water partition coefficient (Wildman–Crippen LogP) is 2.36. The summed E-state index contributed by atoms with van der Waals surface area (Å²) in [6, 6.07) is 8.07. The molecule has 2 aromatic rings. The van der Waals surface area contributed by atoms with Crippen molar-refractivity contribution in [3.63, 3.8) is 0 Å². The number of carbonyl (C=O) groups is 1. The third-order valence-electron chi connectivity index (χ3n) is 2.62. The molecule has 0 spiro atoms. The van der Waals surface area contributed by atoms with Gasteiger partial charge in [-0.15, -0.1) is 0 Å². The van der Waals surface area contributed by atoms with E-state index < -0.39 is 0 Å². The number of hydrogen-bond donors (Lipinski definition) is 0. The molecule has 0 fully saturated rings. The minimum atomic E-state index is 0.477. The Morgan fingerprint density at radius 3 is 2.81 bits per heavy atom. The van der Waals surface area contributed by atoms with E-state index in [1.807, 2.05) is 6.20 Å². The molecule has 3 nitrogen and oxygen atoms in total. The number of carbonyl (C=O) groups excluding carboxylic acids is 1. The monoisotopic (exact) mass is 214 g/mol. The zero-order valence-electron chi connectivity index (χ0n) is 9.47. The molecule has 0 aliphatic heterocycles. The molecular formula is C13H14N2O. The second-order valence-corrected chi connectivity index (χ2v) is 3.99. The summed E-state index contributed by atoms with van der Waals surface area (Å²) in [5.41, 5.74) is 4.20. The van der Waals surface area contributed by atoms with Crippen LogP contribution in [-0.4, -0.2) is 16.1 Å². The summed E-state index contributed by atoms with van der Waals surface area (Å²) < 4.78 is 1.78. The second kappa shape index (κ2) is 4.31. The van der Waals surface area contributed by atoms with Crippen molar-refractivity contribution >= 4 is 6.29 Å². The summed E-state index contributed by atoms with van der Waals surface area (Å²) in [6.07, 6.45) is 2.59. The number of rotatable bonds is 3. The van der Waals surface area contributed by atoms with Crippen molar-refractivity contribution in [3.8, 4) is 0 Å². The van der Waals surface area contributed by atoms with Crippen LogP contribution in [0.1, 0.15) is 27.2 Å². The maximum absolute atomic E-state index is 10.5. The van der Waals surface area contributed by atoms with E-state index in [0.717, 1.165) is 6.29 Å². The van der Waals surface area contributed by atoms with E-state index >= 15 is 0 Å². The fourth-order valence-electron chi connectivity index (χ4n) is 1.67. The maximum Gasteiger partial charge on any atom is 0.170 e. The minimum Gasteiger partial charge on any atom is -0.296 e. The van der Waals surface area contributed by atoms with E-state index in [1.165, 1.54) is 16.7 Å². The summed E-state index contributed by atoms with van der Waals surface area (Å²) in [6.45, 7) is 4.86. The van der Waals surface area contributed by atoms with Crippen molar-refractivity contribution in [2.24, 2.45) is 0 Å². The fourth-order valence-corrected chi connectivity index (χ4v) is 1.67. The van der Waals surface area contributed by atoms with Crippen molar-refractivity contribution < 1.29 is 4.79 Å². The van der Waals surface area contributed by atoms with Gasteiger partial charge in [0, 0.05) is 6.20 Å². The van der Waals surface area contributed by atoms with Gasteiger partial charge in [-0.2, -0.15) is 5.10 Å². The van der Waals surface area contributed by atoms with Crippen LogP contribution in [-0.2, 0) is 6.54 Å². The first kappa shape index (κ1) is 10.6. The first-order valence-corrected chi connectivity index (χ1v) is 5.24. The van der Waals surface area contributed by atoms with Gasteiger partial charge in [-0.25, -0.2) is 0 Å². The zero-order chi connectivity index (χ0) is 11.5. The first-order valence-electron chi connectivity index (χ1n) is 5.24. The van der Waals surface area contributed by atoms with Crippen LogP contribution in [0.2, 0.25) is 0 Å². The highest BCUT2D eigenvalue weighted by molar-refractivity contribution is 5.71. The number of aldehydes is 1. The Morgan fingerprint density at radius 2 is 2.12 bits per heavy atom. The van der Waals surface area contributed by atoms with E-state index in [-0.39, 0.29) is 0 Å². The topological polar surface area (TPSA) is 34.9 Å². The minimum absolute atomic E-state index is 0.477. The van der Waals surface area contributed by atoms with Crippen molar-refractivity contribution in [3.05, 3.63) is 52.8 Å². The van der Waals surface area contributed by atoms with Gasteiger partial charge in [0.25, 0.3) is 0 Å². The van der Waals surface area contributed by atoms with Gasteiger partial charge in [0.15, 0.2) is 6.29 Å². The van der Waals surface area contributed by atoms with Crippen LogP contribution in [0.25, 0.3) is 0 Å². The van der Waals surface area contributed by atoms with Crippen LogP contribution in [0.5, 0.6) is 0 Å². The molecule has 1 aromatic heterocycles. The standard InChI is InChI=1S/C13H14N2O/c1-10-3-4-11(2)12(7-10)8-15-6-5-13(9-16)14-15/h3-7,9H,8H2,1-2H3. The van der Waals surface area contributed by atoms with Crippen LogP contribution in [0.15, 0.2) is 30.5 Å². The summed E-state index contributed by atoms with van der Waals surface area (Å²) in [4.78, 5) is 10.5. The third kappa shape index (κ3) is 2.19. The Morgan fingerprint density at radius 1 is 1.31 bits per heavy atom. The van der Waals surface area contributed by atoms with Crippen LogP contribution in [0.4, 0.5) is 0 Å². The number of aromatic nitrogens is 2. The highest BCUT2D eigenvalue weighted by Crippen LogP contribution is 2.12. The van der Waals surface area contributed by atoms with Gasteiger partial charge in [0.1, 0.15) is 5.69 Å². The molecule has 0 saturated carbocycles. The second-order valence-electron chi connectivity index (χ2n) is 3.99. The average Bonchev–Trinajstić information content (AvgIpc) is 2.71. The van der Waals surface area contributed by atoms with Crippen molar-refractivity contribution in [2.45, 2.75) is 20.4 Å². The highest BCUT2D eigenvalue weighted by atomic mass is 16.1. The normalized spacial score (nSPS) is 10.4. The molecule has 16 heavy (non-hydrogen) atoms. The van der Waals surface area contributed by atoms with E-state index in [0.29, 0.717) is 12.2 Å². The van der Waals surface area contributed by atoms with Crippen molar-refractivity contribution in [2.75, 3.05) is 0 Å². The van der Waals surface area contributed by atoms with Gasteiger partial charge >= 0.3 is 0 Å². The molecule has 0 bridgehead atoms. The molecule has 0 unspecified atom stereocenters. The zero-order valence-corrected chi connectivity index (χ0v) is 9.47. The molecule has 2 rings (SSSR count). The Kier molecular flexibility index (Phi) is 2.86. The Labute approximate surface area is 94.7 Å². The third-order valence-corrected chi connectivity index (χ3v) is 2.62. The Hall–Kier alpha value is -1.90. The molecule has 0 saturated heterocycles. The lowest BCUT2D eigenvalue weighted by Gasteiger charge is -2.07. The molecule has 3 heteroatoms. The lowest BCUT2D eigenvalue weighted by Crippen LogP contribution is -2.03. The smallest absolute Gasteiger partial charge is 0.170 e. The molecule has 1 heterocycles. The molecule has 0 radical (unpaired) electrons. The largest absolute Gasteiger partial charge is 0.296 e. The van der Waals surface area contributed by atoms with Gasteiger partial charge in [-0.1, -0.05) is 23.8 Å². The van der Waals surface area contributed by atoms with Gasteiger partial charge in [-0.3, -0.25) is 9.48 Å². The van der Waals surface area contributed by atoms with E-state index in [2.05, 4.69) is 37.1 Å². The van der Waals surface area contributed by atoms with E-state index in [1.54, 1.807) is 10.7 Å². The molecule has 1 aromatic carbocycles. The van der Waals surface area contributed by atoms with E-state index in [9.17, 15) is 4.79 Å². The van der Waals surface area contributed by atoms with Crippen molar-refractivity contribution in [1.29, 1.82) is 0 Å². The lowest BCUT2D eigenvalue weighted by atomic mass is 10.1. The first-order chi connectivity index (χ1) is 7.69. The summed E-state index contributed by atoms with van der Waals surface area (Å²) >= 11 is 0. The van der Waals surface area contributed by atoms with Crippen LogP contribution in [0, 0.1) is 13.8 Å². The highest BCUT2D eigenvalue weighted by Gasteiger charge is 2.02. The molecule has 0 amide bonds. The number of nitrogens with zero attached hydrogens (tertiary/aromatic N) is 2. The molecule has 0 aliphatic carbocycles. The van der Waals surface area contributed by atoms with Crippen molar-refractivity contribution in [1.82, 2.24) is 9.78 Å². The van der Waals surface area contributed by atoms with Gasteiger partial charge in [0.2, 0.25) is 0 Å². The lowest BCUT2D eigenvalue weighted by molar-refractivity contribution is 0.111. The fraction of sp³-hybridized carbons (Fsp3) is 0.231. The van der Waals surface area contributed by atoms with Gasteiger partial charge in [0.05, 0.1) is 6.54 Å². The molecule has 82 valence electrons. The quantitative estimate of drug-likeness (QED) is 0.735. The van der Waals surface area contributed by atoms with Crippen LogP contribution < -0.4 is 0 Å². The van der Waals surface area contributed by atoms with Crippen LogP contribution in [0.3, 0.4) is 0 Å². The van der Waals surface area contributed by atoms with Crippen LogP contribution >= 0.6 is 0 Å². The molecule has 0 atom stereocenters.